The Hall–Kier alpha value is -2.96. The lowest BCUT2D eigenvalue weighted by Crippen LogP contribution is -2.42. The van der Waals surface area contributed by atoms with Crippen LogP contribution in [0, 0.1) is 11.8 Å². The molecule has 0 bridgehead atoms. The van der Waals surface area contributed by atoms with Gasteiger partial charge in [0.1, 0.15) is 5.00 Å². The van der Waals surface area contributed by atoms with E-state index in [9.17, 15) is 22.8 Å². The van der Waals surface area contributed by atoms with Crippen molar-refractivity contribution in [1.29, 1.82) is 0 Å². The van der Waals surface area contributed by atoms with Gasteiger partial charge in [-0.15, -0.1) is 11.3 Å². The molecule has 4 rings (SSSR count). The molecule has 2 aliphatic rings. The molecule has 2 unspecified atom stereocenters. The van der Waals surface area contributed by atoms with Crippen LogP contribution in [-0.2, 0) is 27.7 Å². The average molecular weight is 633 g/mol. The fraction of sp³-hybridized carbons (Fsp3) is 0.581. The van der Waals surface area contributed by atoms with Gasteiger partial charge >= 0.3 is 6.09 Å². The zero-order chi connectivity index (χ0) is 31.3. The Morgan fingerprint density at radius 1 is 1.02 bits per heavy atom. The Morgan fingerprint density at radius 2 is 1.65 bits per heavy atom. The number of rotatable bonds is 10. The summed E-state index contributed by atoms with van der Waals surface area (Å²) < 4.78 is 33.4. The molecule has 1 N–H and O–H groups in total. The molecule has 0 radical (unpaired) electrons. The molecule has 0 spiro atoms. The molecule has 3 amide bonds. The maximum atomic E-state index is 13.9. The van der Waals surface area contributed by atoms with Crippen LogP contribution in [-0.4, -0.2) is 79.8 Å². The van der Waals surface area contributed by atoms with Gasteiger partial charge in [-0.05, 0) is 74.3 Å². The molecule has 1 saturated heterocycles. The monoisotopic (exact) mass is 632 g/mol. The predicted molar refractivity (Wildman–Crippen MR) is 168 cm³/mol. The molecule has 12 heteroatoms. The third-order valence-electron chi connectivity index (χ3n) is 7.89. The number of thiophene rings is 1. The Balaban J connectivity index is 1.60. The summed E-state index contributed by atoms with van der Waals surface area (Å²) in [4.78, 5) is 44.2. The number of amides is 3. The van der Waals surface area contributed by atoms with Crippen LogP contribution in [0.3, 0.4) is 0 Å². The molecule has 2 aliphatic heterocycles. The summed E-state index contributed by atoms with van der Waals surface area (Å²) in [6, 6.07) is 5.97. The molecule has 1 aromatic carbocycles. The number of benzene rings is 1. The first kappa shape index (κ1) is 32.9. The number of nitrogens with zero attached hydrogens (tertiary/aromatic N) is 3. The Kier molecular flexibility index (Phi) is 10.9. The van der Waals surface area contributed by atoms with E-state index in [0.717, 1.165) is 29.7 Å². The van der Waals surface area contributed by atoms with Crippen LogP contribution in [0.4, 0.5) is 9.80 Å². The average Bonchev–Trinajstić information content (AvgIpc) is 3.33. The third kappa shape index (κ3) is 7.41. The minimum absolute atomic E-state index is 0.132. The number of fused-ring (bicyclic) bond motifs is 1. The summed E-state index contributed by atoms with van der Waals surface area (Å²) in [6.07, 6.45) is 2.69. The number of ether oxygens (including phenoxy) is 1. The van der Waals surface area contributed by atoms with Crippen LogP contribution in [0.15, 0.2) is 29.2 Å². The molecule has 2 atom stereocenters. The molecule has 43 heavy (non-hydrogen) atoms. The molecule has 0 aliphatic carbocycles. The van der Waals surface area contributed by atoms with Crippen molar-refractivity contribution in [2.24, 2.45) is 11.8 Å². The zero-order valence-electron chi connectivity index (χ0n) is 25.8. The second kappa shape index (κ2) is 14.2. The smallest absolute Gasteiger partial charge is 0.410 e. The lowest BCUT2D eigenvalue weighted by molar-refractivity contribution is 0.0755. The van der Waals surface area contributed by atoms with Crippen molar-refractivity contribution in [3.05, 3.63) is 45.8 Å². The Morgan fingerprint density at radius 3 is 2.23 bits per heavy atom. The number of carbonyl (C=O) groups is 3. The summed E-state index contributed by atoms with van der Waals surface area (Å²) in [7, 11) is -3.68. The largest absolute Gasteiger partial charge is 0.450 e. The van der Waals surface area contributed by atoms with Gasteiger partial charge in [-0.25, -0.2) is 13.2 Å². The Bertz CT molecular complexity index is 1410. The lowest BCUT2D eigenvalue weighted by atomic mass is 9.94. The van der Waals surface area contributed by atoms with Crippen molar-refractivity contribution in [1.82, 2.24) is 14.1 Å². The van der Waals surface area contributed by atoms with E-state index in [-0.39, 0.29) is 34.8 Å². The minimum Gasteiger partial charge on any atom is -0.450 e. The van der Waals surface area contributed by atoms with Crippen LogP contribution >= 0.6 is 11.3 Å². The van der Waals surface area contributed by atoms with Crippen LogP contribution < -0.4 is 5.32 Å². The predicted octanol–water partition coefficient (Wildman–Crippen LogP) is 5.44. The molecular weight excluding hydrogens is 588 g/mol. The van der Waals surface area contributed by atoms with Gasteiger partial charge in [-0.2, -0.15) is 4.31 Å². The van der Waals surface area contributed by atoms with Gasteiger partial charge in [0.15, 0.2) is 0 Å². The number of hydrogen-bond donors (Lipinski definition) is 1. The summed E-state index contributed by atoms with van der Waals surface area (Å²) in [5.41, 5.74) is 1.62. The first-order valence-corrected chi connectivity index (χ1v) is 17.5. The molecule has 236 valence electrons. The maximum absolute atomic E-state index is 13.9. The van der Waals surface area contributed by atoms with Crippen molar-refractivity contribution in [2.45, 2.75) is 71.7 Å². The standard InChI is InChI=1S/C31H44N4O6S2/c1-6-14-33(15-7-2)30(37)27-25-13-16-34(31(38)41-8-3)20-26(25)42-29(27)32-28(36)23-9-11-24(12-10-23)43(39,40)35-18-21(4)17-22(5)19-35/h9-12,21-22H,6-8,13-20H2,1-5H3,(H,32,36). The quantitative estimate of drug-likeness (QED) is 0.373. The van der Waals surface area contributed by atoms with Gasteiger partial charge in [0.05, 0.1) is 23.6 Å². The second-order valence-electron chi connectivity index (χ2n) is 11.6. The number of anilines is 1. The minimum atomic E-state index is -3.68. The van der Waals surface area contributed by atoms with Crippen LogP contribution in [0.2, 0.25) is 0 Å². The van der Waals surface area contributed by atoms with E-state index in [4.69, 9.17) is 4.74 Å². The normalized spacial score (nSPS) is 19.0. The zero-order valence-corrected chi connectivity index (χ0v) is 27.5. The first-order valence-electron chi connectivity index (χ1n) is 15.3. The summed E-state index contributed by atoms with van der Waals surface area (Å²) in [5.74, 6) is 0.00297. The molecule has 0 saturated carbocycles. The lowest BCUT2D eigenvalue weighted by Gasteiger charge is -2.34. The van der Waals surface area contributed by atoms with E-state index in [0.29, 0.717) is 56.3 Å². The first-order chi connectivity index (χ1) is 20.5. The van der Waals surface area contributed by atoms with Crippen molar-refractivity contribution >= 4 is 44.3 Å². The Labute approximate surface area is 259 Å². The fourth-order valence-electron chi connectivity index (χ4n) is 6.01. The number of piperidine rings is 1. The van der Waals surface area contributed by atoms with Crippen molar-refractivity contribution < 1.29 is 27.5 Å². The molecular formula is C31H44N4O6S2. The van der Waals surface area contributed by atoms with Gasteiger partial charge in [-0.1, -0.05) is 27.7 Å². The topological polar surface area (TPSA) is 116 Å². The van der Waals surface area contributed by atoms with Gasteiger partial charge in [-0.3, -0.25) is 9.59 Å². The number of nitrogens with one attached hydrogen (secondary N) is 1. The SMILES string of the molecule is CCCN(CCC)C(=O)c1c(NC(=O)c2ccc(S(=O)(=O)N3CC(C)CC(C)C3)cc2)sc2c1CCN(C(=O)OCC)C2. The van der Waals surface area contributed by atoms with Gasteiger partial charge < -0.3 is 19.9 Å². The van der Waals surface area contributed by atoms with E-state index >= 15 is 0 Å². The molecule has 1 fully saturated rings. The van der Waals surface area contributed by atoms with Crippen molar-refractivity contribution in [3.8, 4) is 0 Å². The van der Waals surface area contributed by atoms with E-state index in [1.165, 1.54) is 39.9 Å². The van der Waals surface area contributed by atoms with E-state index in [1.54, 1.807) is 11.8 Å². The van der Waals surface area contributed by atoms with Crippen LogP contribution in [0.5, 0.6) is 0 Å². The summed E-state index contributed by atoms with van der Waals surface area (Å²) >= 11 is 1.30. The van der Waals surface area contributed by atoms with Gasteiger partial charge in [0.25, 0.3) is 11.8 Å². The summed E-state index contributed by atoms with van der Waals surface area (Å²) in [6.45, 7) is 13.1. The van der Waals surface area contributed by atoms with E-state index in [2.05, 4.69) is 19.2 Å². The number of sulfonamides is 1. The summed E-state index contributed by atoms with van der Waals surface area (Å²) in [5, 5.41) is 3.38. The highest BCUT2D eigenvalue weighted by atomic mass is 32.2. The number of hydrogen-bond acceptors (Lipinski definition) is 7. The molecule has 1 aromatic heterocycles. The highest BCUT2D eigenvalue weighted by molar-refractivity contribution is 7.89. The van der Waals surface area contributed by atoms with E-state index < -0.39 is 22.0 Å². The van der Waals surface area contributed by atoms with Crippen LogP contribution in [0.1, 0.15) is 85.0 Å². The number of carbonyl (C=O) groups excluding carboxylic acids is 3. The third-order valence-corrected chi connectivity index (χ3v) is 10.9. The highest BCUT2D eigenvalue weighted by Gasteiger charge is 2.34. The van der Waals surface area contributed by atoms with Gasteiger partial charge in [0, 0.05) is 43.2 Å². The molecule has 3 heterocycles. The highest BCUT2D eigenvalue weighted by Crippen LogP contribution is 2.38. The second-order valence-corrected chi connectivity index (χ2v) is 14.7. The van der Waals surface area contributed by atoms with Crippen LogP contribution in [0.25, 0.3) is 0 Å². The van der Waals surface area contributed by atoms with E-state index in [1.807, 2.05) is 18.7 Å². The molecule has 2 aromatic rings. The maximum Gasteiger partial charge on any atom is 0.410 e. The fourth-order valence-corrected chi connectivity index (χ4v) is 8.94. The van der Waals surface area contributed by atoms with Crippen molar-refractivity contribution in [3.63, 3.8) is 0 Å². The van der Waals surface area contributed by atoms with Crippen molar-refractivity contribution in [2.75, 3.05) is 44.6 Å². The van der Waals surface area contributed by atoms with Gasteiger partial charge in [0.2, 0.25) is 10.0 Å². The molecule has 10 nitrogen and oxygen atoms in total.